The molecule has 2 aromatic rings. The topological polar surface area (TPSA) is 45.2 Å². The first-order chi connectivity index (χ1) is 10.2. The van der Waals surface area contributed by atoms with Crippen molar-refractivity contribution in [1.82, 2.24) is 4.98 Å². The van der Waals surface area contributed by atoms with Crippen molar-refractivity contribution >= 4 is 28.1 Å². The molecule has 0 saturated carbocycles. The van der Waals surface area contributed by atoms with Crippen molar-refractivity contribution in [2.24, 2.45) is 5.92 Å². The van der Waals surface area contributed by atoms with Crippen LogP contribution in [0.25, 0.3) is 0 Å². The molecular formula is C15H16FN3OS. The van der Waals surface area contributed by atoms with Crippen molar-refractivity contribution in [3.05, 3.63) is 41.7 Å². The molecule has 0 atom stereocenters. The number of benzene rings is 1. The van der Waals surface area contributed by atoms with Crippen LogP contribution >= 0.6 is 11.3 Å². The molecule has 1 saturated heterocycles. The second-order valence-corrected chi connectivity index (χ2v) is 5.93. The Hall–Kier alpha value is -1.95. The fourth-order valence-corrected chi connectivity index (χ4v) is 3.12. The summed E-state index contributed by atoms with van der Waals surface area (Å²) in [6.07, 6.45) is 3.12. The summed E-state index contributed by atoms with van der Waals surface area (Å²) < 4.78 is 13.8. The number of hydrogen-bond acceptors (Lipinski definition) is 4. The largest absolute Gasteiger partial charge is 0.369 e. The summed E-state index contributed by atoms with van der Waals surface area (Å²) in [6, 6.07) is 6.77. The number of thiazole rings is 1. The van der Waals surface area contributed by atoms with Crippen LogP contribution in [0, 0.1) is 11.7 Å². The first-order valence-electron chi connectivity index (χ1n) is 6.94. The highest BCUT2D eigenvalue weighted by molar-refractivity contribution is 7.13. The Morgan fingerprint density at radius 3 is 2.76 bits per heavy atom. The van der Waals surface area contributed by atoms with E-state index in [2.05, 4.69) is 10.3 Å². The number of halogens is 1. The molecule has 2 heterocycles. The second-order valence-electron chi connectivity index (χ2n) is 5.04. The molecule has 6 heteroatoms. The van der Waals surface area contributed by atoms with Crippen LogP contribution in [0.1, 0.15) is 12.8 Å². The van der Waals surface area contributed by atoms with Gasteiger partial charge < -0.3 is 10.2 Å². The molecule has 1 aromatic carbocycles. The predicted octanol–water partition coefficient (Wildman–Crippen LogP) is 3.14. The van der Waals surface area contributed by atoms with Gasteiger partial charge in [0.2, 0.25) is 5.91 Å². The first-order valence-corrected chi connectivity index (χ1v) is 7.82. The lowest BCUT2D eigenvalue weighted by molar-refractivity contribution is -0.120. The molecule has 0 aliphatic carbocycles. The van der Waals surface area contributed by atoms with Gasteiger partial charge in [0.25, 0.3) is 0 Å². The fourth-order valence-electron chi connectivity index (χ4n) is 2.58. The summed E-state index contributed by atoms with van der Waals surface area (Å²) in [6.45, 7) is 1.38. The van der Waals surface area contributed by atoms with E-state index in [1.54, 1.807) is 18.3 Å². The van der Waals surface area contributed by atoms with E-state index >= 15 is 0 Å². The SMILES string of the molecule is O=C(Nc1nccs1)C1CCN(c2ccccc2F)CC1. The Kier molecular flexibility index (Phi) is 4.15. The smallest absolute Gasteiger partial charge is 0.229 e. The maximum atomic E-state index is 13.8. The molecule has 1 fully saturated rings. The first kappa shape index (κ1) is 14.0. The number of piperidine rings is 1. The third-order valence-electron chi connectivity index (χ3n) is 3.72. The molecule has 1 aliphatic heterocycles. The van der Waals surface area contributed by atoms with Crippen LogP contribution in [0.4, 0.5) is 15.2 Å². The van der Waals surface area contributed by atoms with Crippen molar-refractivity contribution in [2.75, 3.05) is 23.3 Å². The van der Waals surface area contributed by atoms with Crippen molar-refractivity contribution < 1.29 is 9.18 Å². The van der Waals surface area contributed by atoms with Gasteiger partial charge in [-0.2, -0.15) is 0 Å². The molecule has 1 aliphatic rings. The number of anilines is 2. The Morgan fingerprint density at radius 2 is 2.10 bits per heavy atom. The van der Waals surface area contributed by atoms with Gasteiger partial charge in [-0.25, -0.2) is 9.37 Å². The maximum Gasteiger partial charge on any atom is 0.229 e. The van der Waals surface area contributed by atoms with Crippen LogP contribution in [0.5, 0.6) is 0 Å². The van der Waals surface area contributed by atoms with Crippen LogP contribution in [0.2, 0.25) is 0 Å². The number of carbonyl (C=O) groups excluding carboxylic acids is 1. The van der Waals surface area contributed by atoms with Crippen molar-refractivity contribution in [2.45, 2.75) is 12.8 Å². The van der Waals surface area contributed by atoms with Crippen molar-refractivity contribution in [1.29, 1.82) is 0 Å². The normalized spacial score (nSPS) is 16.0. The van der Waals surface area contributed by atoms with Crippen LogP contribution < -0.4 is 10.2 Å². The number of rotatable bonds is 3. The van der Waals surface area contributed by atoms with E-state index in [4.69, 9.17) is 0 Å². The van der Waals surface area contributed by atoms with Crippen molar-refractivity contribution in [3.63, 3.8) is 0 Å². The average molecular weight is 305 g/mol. The molecule has 0 bridgehead atoms. The van der Waals surface area contributed by atoms with Gasteiger partial charge in [-0.3, -0.25) is 4.79 Å². The van der Waals surface area contributed by atoms with E-state index in [1.807, 2.05) is 16.3 Å². The quantitative estimate of drug-likeness (QED) is 0.947. The Bertz CT molecular complexity index is 609. The zero-order chi connectivity index (χ0) is 14.7. The Balaban J connectivity index is 1.58. The van der Waals surface area contributed by atoms with Gasteiger partial charge in [0.15, 0.2) is 5.13 Å². The summed E-state index contributed by atoms with van der Waals surface area (Å²) in [7, 11) is 0. The number of carbonyl (C=O) groups is 1. The van der Waals surface area contributed by atoms with Crippen molar-refractivity contribution in [3.8, 4) is 0 Å². The molecule has 1 amide bonds. The number of amides is 1. The van der Waals surface area contributed by atoms with E-state index < -0.39 is 0 Å². The summed E-state index contributed by atoms with van der Waals surface area (Å²) in [5.41, 5.74) is 0.622. The van der Waals surface area contributed by atoms with E-state index in [9.17, 15) is 9.18 Å². The third-order valence-corrected chi connectivity index (χ3v) is 4.41. The van der Waals surface area contributed by atoms with E-state index in [1.165, 1.54) is 17.4 Å². The Morgan fingerprint density at radius 1 is 1.33 bits per heavy atom. The van der Waals surface area contributed by atoms with Gasteiger partial charge in [0.05, 0.1) is 5.69 Å². The van der Waals surface area contributed by atoms with E-state index in [0.717, 1.165) is 12.8 Å². The van der Waals surface area contributed by atoms with Gasteiger partial charge in [-0.1, -0.05) is 12.1 Å². The van der Waals surface area contributed by atoms with Gasteiger partial charge in [0.1, 0.15) is 5.82 Å². The molecule has 110 valence electrons. The average Bonchev–Trinajstić information content (AvgIpc) is 3.01. The molecule has 1 N–H and O–H groups in total. The monoisotopic (exact) mass is 305 g/mol. The highest BCUT2D eigenvalue weighted by atomic mass is 32.1. The van der Waals surface area contributed by atoms with Crippen LogP contribution in [-0.2, 0) is 4.79 Å². The molecule has 1 aromatic heterocycles. The Labute approximate surface area is 126 Å². The summed E-state index contributed by atoms with van der Waals surface area (Å²) in [5, 5.41) is 5.30. The molecule has 3 rings (SSSR count). The van der Waals surface area contributed by atoms with E-state index in [-0.39, 0.29) is 17.6 Å². The third kappa shape index (κ3) is 3.21. The number of para-hydroxylation sites is 1. The molecule has 0 radical (unpaired) electrons. The van der Waals surface area contributed by atoms with Crippen LogP contribution in [-0.4, -0.2) is 24.0 Å². The molecular weight excluding hydrogens is 289 g/mol. The molecule has 0 unspecified atom stereocenters. The number of hydrogen-bond donors (Lipinski definition) is 1. The predicted molar refractivity (Wildman–Crippen MR) is 82.1 cm³/mol. The fraction of sp³-hybridized carbons (Fsp3) is 0.333. The van der Waals surface area contributed by atoms with Crippen LogP contribution in [0.15, 0.2) is 35.8 Å². The minimum absolute atomic E-state index is 0.0122. The number of nitrogens with zero attached hydrogens (tertiary/aromatic N) is 2. The highest BCUT2D eigenvalue weighted by Crippen LogP contribution is 2.26. The maximum absolute atomic E-state index is 13.8. The minimum atomic E-state index is -0.205. The highest BCUT2D eigenvalue weighted by Gasteiger charge is 2.26. The summed E-state index contributed by atoms with van der Waals surface area (Å²) in [5.74, 6) is -0.224. The lowest BCUT2D eigenvalue weighted by Crippen LogP contribution is -2.38. The standard InChI is InChI=1S/C15H16FN3OS/c16-12-3-1-2-4-13(12)19-8-5-11(6-9-19)14(20)18-15-17-7-10-21-15/h1-4,7,10-11H,5-6,8-9H2,(H,17,18,20). The lowest BCUT2D eigenvalue weighted by Gasteiger charge is -2.33. The van der Waals surface area contributed by atoms with E-state index in [0.29, 0.717) is 23.9 Å². The minimum Gasteiger partial charge on any atom is -0.369 e. The van der Waals surface area contributed by atoms with Gasteiger partial charge in [-0.05, 0) is 25.0 Å². The van der Waals surface area contributed by atoms with Gasteiger partial charge >= 0.3 is 0 Å². The molecule has 21 heavy (non-hydrogen) atoms. The zero-order valence-corrected chi connectivity index (χ0v) is 12.3. The van der Waals surface area contributed by atoms with Crippen LogP contribution in [0.3, 0.4) is 0 Å². The number of aromatic nitrogens is 1. The lowest BCUT2D eigenvalue weighted by atomic mass is 9.95. The zero-order valence-electron chi connectivity index (χ0n) is 11.5. The summed E-state index contributed by atoms with van der Waals surface area (Å²) in [4.78, 5) is 18.2. The second kappa shape index (κ2) is 6.22. The summed E-state index contributed by atoms with van der Waals surface area (Å²) >= 11 is 1.41. The van der Waals surface area contributed by atoms with Gasteiger partial charge in [-0.15, -0.1) is 11.3 Å². The molecule has 0 spiro atoms. The number of nitrogens with one attached hydrogen (secondary N) is 1. The molecule has 4 nitrogen and oxygen atoms in total. The van der Waals surface area contributed by atoms with Gasteiger partial charge in [0, 0.05) is 30.6 Å².